The molecule has 19 heavy (non-hydrogen) atoms. The van der Waals surface area contributed by atoms with Crippen LogP contribution in [-0.4, -0.2) is 34.0 Å². The number of carboxylic acid groups (broad SMARTS) is 1. The van der Waals surface area contributed by atoms with E-state index in [0.717, 1.165) is 32.1 Å². The van der Waals surface area contributed by atoms with Crippen LogP contribution in [0.15, 0.2) is 0 Å². The van der Waals surface area contributed by atoms with Crippen LogP contribution in [-0.2, 0) is 9.59 Å². The van der Waals surface area contributed by atoms with Gasteiger partial charge < -0.3 is 10.0 Å². The maximum absolute atomic E-state index is 12.7. The van der Waals surface area contributed by atoms with Crippen LogP contribution < -0.4 is 0 Å². The van der Waals surface area contributed by atoms with Crippen LogP contribution in [0.2, 0.25) is 0 Å². The van der Waals surface area contributed by atoms with Gasteiger partial charge in [0.05, 0.1) is 0 Å². The molecule has 2 fully saturated rings. The average molecular weight is 267 g/mol. The van der Waals surface area contributed by atoms with Crippen molar-refractivity contribution in [2.75, 3.05) is 6.54 Å². The van der Waals surface area contributed by atoms with E-state index in [-0.39, 0.29) is 11.8 Å². The summed E-state index contributed by atoms with van der Waals surface area (Å²) in [6, 6.07) is 0. The molecule has 3 unspecified atom stereocenters. The number of likely N-dealkylation sites (tertiary alicyclic amines) is 1. The van der Waals surface area contributed by atoms with Crippen molar-refractivity contribution >= 4 is 11.9 Å². The van der Waals surface area contributed by atoms with Gasteiger partial charge in [-0.3, -0.25) is 4.79 Å². The highest BCUT2D eigenvalue weighted by atomic mass is 16.4. The molecule has 2 rings (SSSR count). The van der Waals surface area contributed by atoms with E-state index >= 15 is 0 Å². The quantitative estimate of drug-likeness (QED) is 0.852. The molecule has 1 amide bonds. The van der Waals surface area contributed by atoms with Gasteiger partial charge in [-0.2, -0.15) is 0 Å². The highest BCUT2D eigenvalue weighted by Gasteiger charge is 2.51. The standard InChI is InChI=1S/C15H25NO3/c1-3-8-15(14(18)19)9-5-10-16(15)13(17)12-7-4-6-11(12)2/h11-12H,3-10H2,1-2H3,(H,18,19). The Labute approximate surface area is 115 Å². The third-order valence-electron chi connectivity index (χ3n) is 5.00. The molecule has 0 aromatic rings. The van der Waals surface area contributed by atoms with E-state index < -0.39 is 11.5 Å². The van der Waals surface area contributed by atoms with Gasteiger partial charge in [0.25, 0.3) is 0 Å². The molecule has 0 aromatic carbocycles. The number of aliphatic carboxylic acids is 1. The van der Waals surface area contributed by atoms with Crippen molar-refractivity contribution in [3.05, 3.63) is 0 Å². The molecule has 1 saturated heterocycles. The first-order valence-corrected chi connectivity index (χ1v) is 7.58. The molecule has 1 saturated carbocycles. The largest absolute Gasteiger partial charge is 0.479 e. The molecule has 0 radical (unpaired) electrons. The lowest BCUT2D eigenvalue weighted by Gasteiger charge is -2.37. The smallest absolute Gasteiger partial charge is 0.329 e. The van der Waals surface area contributed by atoms with Crippen LogP contribution in [0.3, 0.4) is 0 Å². The maximum Gasteiger partial charge on any atom is 0.329 e. The van der Waals surface area contributed by atoms with Crippen molar-refractivity contribution in [2.45, 2.75) is 64.3 Å². The third-order valence-corrected chi connectivity index (χ3v) is 5.00. The molecule has 1 aliphatic carbocycles. The molecule has 1 aliphatic heterocycles. The van der Waals surface area contributed by atoms with Crippen molar-refractivity contribution in [1.29, 1.82) is 0 Å². The average Bonchev–Trinajstić information content (AvgIpc) is 2.96. The zero-order valence-electron chi connectivity index (χ0n) is 12.0. The Morgan fingerprint density at radius 3 is 2.58 bits per heavy atom. The van der Waals surface area contributed by atoms with Crippen molar-refractivity contribution in [2.24, 2.45) is 11.8 Å². The number of hydrogen-bond acceptors (Lipinski definition) is 2. The lowest BCUT2D eigenvalue weighted by molar-refractivity contribution is -0.159. The Morgan fingerprint density at radius 1 is 1.32 bits per heavy atom. The maximum atomic E-state index is 12.7. The summed E-state index contributed by atoms with van der Waals surface area (Å²) < 4.78 is 0. The summed E-state index contributed by atoms with van der Waals surface area (Å²) in [6.45, 7) is 4.73. The Balaban J connectivity index is 2.21. The normalized spacial score (nSPS) is 34.7. The van der Waals surface area contributed by atoms with E-state index in [0.29, 0.717) is 25.3 Å². The Kier molecular flexibility index (Phi) is 4.16. The fourth-order valence-electron chi connectivity index (χ4n) is 3.92. The minimum absolute atomic E-state index is 0.0497. The molecule has 0 aromatic heterocycles. The Hall–Kier alpha value is -1.06. The van der Waals surface area contributed by atoms with E-state index in [1.165, 1.54) is 0 Å². The van der Waals surface area contributed by atoms with Crippen molar-refractivity contribution in [3.8, 4) is 0 Å². The lowest BCUT2D eigenvalue weighted by Crippen LogP contribution is -2.54. The first-order valence-electron chi connectivity index (χ1n) is 7.58. The molecule has 0 spiro atoms. The van der Waals surface area contributed by atoms with E-state index in [9.17, 15) is 14.7 Å². The van der Waals surface area contributed by atoms with Gasteiger partial charge in [0.2, 0.25) is 5.91 Å². The monoisotopic (exact) mass is 267 g/mol. The molecule has 3 atom stereocenters. The van der Waals surface area contributed by atoms with Gasteiger partial charge in [-0.25, -0.2) is 4.79 Å². The summed E-state index contributed by atoms with van der Waals surface area (Å²) in [5, 5.41) is 9.63. The van der Waals surface area contributed by atoms with E-state index in [4.69, 9.17) is 0 Å². The van der Waals surface area contributed by atoms with Crippen LogP contribution in [0.1, 0.15) is 58.8 Å². The predicted octanol–water partition coefficient (Wildman–Crippen LogP) is 2.67. The number of nitrogens with zero attached hydrogens (tertiary/aromatic N) is 1. The Bertz CT molecular complexity index is 368. The van der Waals surface area contributed by atoms with Gasteiger partial charge in [-0.1, -0.05) is 26.7 Å². The summed E-state index contributed by atoms with van der Waals surface area (Å²) in [6.07, 6.45) is 5.93. The molecule has 1 N–H and O–H groups in total. The van der Waals surface area contributed by atoms with Crippen LogP contribution in [0.4, 0.5) is 0 Å². The van der Waals surface area contributed by atoms with Crippen molar-refractivity contribution < 1.29 is 14.7 Å². The SMILES string of the molecule is CCCC1(C(=O)O)CCCN1C(=O)C1CCCC1C. The molecule has 4 nitrogen and oxygen atoms in total. The summed E-state index contributed by atoms with van der Waals surface area (Å²) in [4.78, 5) is 26.1. The van der Waals surface area contributed by atoms with Gasteiger partial charge in [0, 0.05) is 12.5 Å². The third kappa shape index (κ3) is 2.37. The number of carbonyl (C=O) groups excluding carboxylic acids is 1. The summed E-state index contributed by atoms with van der Waals surface area (Å²) in [7, 11) is 0. The fourth-order valence-corrected chi connectivity index (χ4v) is 3.92. The van der Waals surface area contributed by atoms with Crippen molar-refractivity contribution in [1.82, 2.24) is 4.90 Å². The van der Waals surface area contributed by atoms with E-state index in [1.807, 2.05) is 6.92 Å². The zero-order valence-corrected chi connectivity index (χ0v) is 12.0. The molecule has 2 aliphatic rings. The van der Waals surface area contributed by atoms with Crippen LogP contribution in [0, 0.1) is 11.8 Å². The molecular formula is C15H25NO3. The van der Waals surface area contributed by atoms with E-state index in [1.54, 1.807) is 4.90 Å². The number of amides is 1. The topological polar surface area (TPSA) is 57.6 Å². The van der Waals surface area contributed by atoms with Crippen LogP contribution >= 0.6 is 0 Å². The second-order valence-electron chi connectivity index (χ2n) is 6.19. The van der Waals surface area contributed by atoms with Crippen molar-refractivity contribution in [3.63, 3.8) is 0 Å². The number of hydrogen-bond donors (Lipinski definition) is 1. The van der Waals surface area contributed by atoms with Gasteiger partial charge in [0.15, 0.2) is 0 Å². The predicted molar refractivity (Wildman–Crippen MR) is 72.7 cm³/mol. The van der Waals surface area contributed by atoms with Gasteiger partial charge >= 0.3 is 5.97 Å². The first kappa shape index (κ1) is 14.4. The highest BCUT2D eigenvalue weighted by molar-refractivity contribution is 5.89. The van der Waals surface area contributed by atoms with Gasteiger partial charge in [-0.05, 0) is 38.0 Å². The van der Waals surface area contributed by atoms with Crippen LogP contribution in [0.25, 0.3) is 0 Å². The number of carbonyl (C=O) groups is 2. The molecule has 0 bridgehead atoms. The lowest BCUT2D eigenvalue weighted by atomic mass is 9.88. The molecule has 1 heterocycles. The minimum atomic E-state index is -0.922. The van der Waals surface area contributed by atoms with E-state index in [2.05, 4.69) is 6.92 Å². The number of carboxylic acids is 1. The summed E-state index contributed by atoms with van der Waals surface area (Å²) >= 11 is 0. The molecule has 108 valence electrons. The second kappa shape index (κ2) is 5.51. The molecular weight excluding hydrogens is 242 g/mol. The summed E-state index contributed by atoms with van der Waals surface area (Å²) in [5.41, 5.74) is -0.922. The van der Waals surface area contributed by atoms with Gasteiger partial charge in [0.1, 0.15) is 5.54 Å². The second-order valence-corrected chi connectivity index (χ2v) is 6.19. The van der Waals surface area contributed by atoms with Gasteiger partial charge in [-0.15, -0.1) is 0 Å². The first-order chi connectivity index (χ1) is 9.03. The van der Waals surface area contributed by atoms with Crippen LogP contribution in [0.5, 0.6) is 0 Å². The molecule has 4 heteroatoms. The zero-order chi connectivity index (χ0) is 14.0. The fraction of sp³-hybridized carbons (Fsp3) is 0.867. The minimum Gasteiger partial charge on any atom is -0.479 e. The summed E-state index contributed by atoms with van der Waals surface area (Å²) in [5.74, 6) is -0.265. The number of rotatable bonds is 4. The Morgan fingerprint density at radius 2 is 2.05 bits per heavy atom. The highest BCUT2D eigenvalue weighted by Crippen LogP contribution is 2.39.